The van der Waals surface area contributed by atoms with Crippen LogP contribution in [-0.2, 0) is 0 Å². The molecule has 0 spiro atoms. The van der Waals surface area contributed by atoms with Crippen molar-refractivity contribution in [3.63, 3.8) is 0 Å². The molecule has 1 aromatic rings. The van der Waals surface area contributed by atoms with Crippen LogP contribution in [0.15, 0.2) is 24.3 Å². The Morgan fingerprint density at radius 1 is 1.16 bits per heavy atom. The van der Waals surface area contributed by atoms with Gasteiger partial charge in [0.15, 0.2) is 5.78 Å². The van der Waals surface area contributed by atoms with E-state index in [9.17, 15) is 4.79 Å². The molecule has 2 rings (SSSR count). The fourth-order valence-corrected chi connectivity index (χ4v) is 3.04. The lowest BCUT2D eigenvalue weighted by atomic mass is 9.83. The van der Waals surface area contributed by atoms with E-state index in [2.05, 4.69) is 12.2 Å². The van der Waals surface area contributed by atoms with E-state index in [1.54, 1.807) is 6.92 Å². The number of Topliss-reactive ketones (excluding diaryl/α,β-unsaturated/α-hetero) is 1. The van der Waals surface area contributed by atoms with E-state index in [1.165, 1.54) is 38.5 Å². The lowest BCUT2D eigenvalue weighted by Crippen LogP contribution is -2.26. The van der Waals surface area contributed by atoms with E-state index < -0.39 is 0 Å². The number of carbonyl (C=O) groups is 1. The molecule has 0 bridgehead atoms. The first-order chi connectivity index (χ1) is 9.19. The molecule has 104 valence electrons. The monoisotopic (exact) mass is 259 g/mol. The van der Waals surface area contributed by atoms with Crippen molar-refractivity contribution in [1.82, 2.24) is 0 Å². The van der Waals surface area contributed by atoms with E-state index in [1.807, 2.05) is 24.3 Å². The maximum absolute atomic E-state index is 11.2. The molecule has 0 atom stereocenters. The minimum absolute atomic E-state index is 0.131. The maximum Gasteiger partial charge on any atom is 0.159 e. The number of benzene rings is 1. The number of anilines is 1. The van der Waals surface area contributed by atoms with Crippen LogP contribution in [0.2, 0.25) is 0 Å². The minimum Gasteiger partial charge on any atom is -0.382 e. The average Bonchev–Trinajstić information content (AvgIpc) is 2.42. The Labute approximate surface area is 116 Å². The minimum atomic E-state index is 0.131. The third-order valence-corrected chi connectivity index (χ3v) is 4.21. The summed E-state index contributed by atoms with van der Waals surface area (Å²) in [5.74, 6) is 1.08. The van der Waals surface area contributed by atoms with Gasteiger partial charge in [-0.3, -0.25) is 4.79 Å². The molecule has 1 aliphatic carbocycles. The molecule has 1 aliphatic rings. The quantitative estimate of drug-likeness (QED) is 0.779. The summed E-state index contributed by atoms with van der Waals surface area (Å²) in [5.41, 5.74) is 1.93. The smallest absolute Gasteiger partial charge is 0.159 e. The fourth-order valence-electron chi connectivity index (χ4n) is 3.04. The van der Waals surface area contributed by atoms with Gasteiger partial charge < -0.3 is 5.32 Å². The largest absolute Gasteiger partial charge is 0.382 e. The molecule has 0 unspecified atom stereocenters. The molecule has 2 heteroatoms. The third-order valence-electron chi connectivity index (χ3n) is 4.21. The number of carbonyl (C=O) groups excluding carboxylic acids is 1. The van der Waals surface area contributed by atoms with Crippen molar-refractivity contribution < 1.29 is 4.79 Å². The van der Waals surface area contributed by atoms with Crippen LogP contribution >= 0.6 is 0 Å². The summed E-state index contributed by atoms with van der Waals surface area (Å²) in [7, 11) is 0. The zero-order valence-corrected chi connectivity index (χ0v) is 12.1. The van der Waals surface area contributed by atoms with Crippen molar-refractivity contribution in [2.75, 3.05) is 5.32 Å². The van der Waals surface area contributed by atoms with Crippen molar-refractivity contribution in [3.8, 4) is 0 Å². The number of hydrogen-bond donors (Lipinski definition) is 1. The normalized spacial score (nSPS) is 23.1. The van der Waals surface area contributed by atoms with Crippen LogP contribution in [0.4, 0.5) is 5.69 Å². The molecule has 1 N–H and O–H groups in total. The average molecular weight is 259 g/mol. The summed E-state index contributed by atoms with van der Waals surface area (Å²) >= 11 is 0. The van der Waals surface area contributed by atoms with E-state index in [0.717, 1.165) is 17.2 Å². The van der Waals surface area contributed by atoms with Gasteiger partial charge in [0, 0.05) is 17.3 Å². The first-order valence-electron chi connectivity index (χ1n) is 7.56. The molecule has 1 saturated carbocycles. The lowest BCUT2D eigenvalue weighted by Gasteiger charge is -2.29. The Balaban J connectivity index is 1.83. The molecule has 0 heterocycles. The van der Waals surface area contributed by atoms with Crippen LogP contribution < -0.4 is 5.32 Å². The van der Waals surface area contributed by atoms with Crippen LogP contribution in [-0.4, -0.2) is 11.8 Å². The van der Waals surface area contributed by atoms with Gasteiger partial charge in [-0.05, 0) is 62.8 Å². The van der Waals surface area contributed by atoms with Gasteiger partial charge in [0.05, 0.1) is 0 Å². The molecule has 2 nitrogen and oxygen atoms in total. The second kappa shape index (κ2) is 6.74. The molecule has 0 radical (unpaired) electrons. The van der Waals surface area contributed by atoms with Crippen LogP contribution in [0.3, 0.4) is 0 Å². The van der Waals surface area contributed by atoms with Gasteiger partial charge in [-0.15, -0.1) is 0 Å². The Kier molecular flexibility index (Phi) is 5.00. The summed E-state index contributed by atoms with van der Waals surface area (Å²) in [6.45, 7) is 3.89. The summed E-state index contributed by atoms with van der Waals surface area (Å²) < 4.78 is 0. The number of hydrogen-bond acceptors (Lipinski definition) is 2. The lowest BCUT2D eigenvalue weighted by molar-refractivity contribution is 0.101. The van der Waals surface area contributed by atoms with E-state index in [0.29, 0.717) is 6.04 Å². The van der Waals surface area contributed by atoms with Gasteiger partial charge >= 0.3 is 0 Å². The molecule has 0 amide bonds. The summed E-state index contributed by atoms with van der Waals surface area (Å²) in [5, 5.41) is 3.60. The van der Waals surface area contributed by atoms with Crippen molar-refractivity contribution in [3.05, 3.63) is 29.8 Å². The van der Waals surface area contributed by atoms with Crippen LogP contribution in [0, 0.1) is 5.92 Å². The molecule has 0 aliphatic heterocycles. The number of nitrogens with one attached hydrogen (secondary N) is 1. The van der Waals surface area contributed by atoms with Gasteiger partial charge in [0.1, 0.15) is 0 Å². The predicted octanol–water partition coefficient (Wildman–Crippen LogP) is 4.66. The Bertz CT molecular complexity index is 402. The molecular weight excluding hydrogens is 234 g/mol. The molecule has 19 heavy (non-hydrogen) atoms. The van der Waals surface area contributed by atoms with Crippen LogP contribution in [0.1, 0.15) is 62.7 Å². The second-order valence-electron chi connectivity index (χ2n) is 5.78. The van der Waals surface area contributed by atoms with E-state index in [-0.39, 0.29) is 5.78 Å². The van der Waals surface area contributed by atoms with Crippen LogP contribution in [0.25, 0.3) is 0 Å². The Hall–Kier alpha value is -1.31. The molecule has 1 fully saturated rings. The molecule has 1 aromatic carbocycles. The zero-order chi connectivity index (χ0) is 13.7. The van der Waals surface area contributed by atoms with Crippen LogP contribution in [0.5, 0.6) is 0 Å². The number of rotatable bonds is 5. The number of ketones is 1. The van der Waals surface area contributed by atoms with Gasteiger partial charge in [-0.1, -0.05) is 19.8 Å². The van der Waals surface area contributed by atoms with E-state index in [4.69, 9.17) is 0 Å². The van der Waals surface area contributed by atoms with Crippen molar-refractivity contribution in [2.24, 2.45) is 5.92 Å². The standard InChI is InChI=1S/C17H25NO/c1-3-4-14-5-9-16(10-6-14)18-17-11-7-15(8-12-17)13(2)19/h7-8,11-12,14,16,18H,3-6,9-10H2,1-2H3. The molecule has 0 aromatic heterocycles. The fraction of sp³-hybridized carbons (Fsp3) is 0.588. The summed E-state index contributed by atoms with van der Waals surface area (Å²) in [6, 6.07) is 8.47. The highest BCUT2D eigenvalue weighted by Crippen LogP contribution is 2.29. The van der Waals surface area contributed by atoms with Gasteiger partial charge in [0.25, 0.3) is 0 Å². The first kappa shape index (κ1) is 14.1. The highest BCUT2D eigenvalue weighted by molar-refractivity contribution is 5.94. The molecular formula is C17H25NO. The Morgan fingerprint density at radius 2 is 1.79 bits per heavy atom. The van der Waals surface area contributed by atoms with Gasteiger partial charge in [0.2, 0.25) is 0 Å². The van der Waals surface area contributed by atoms with Gasteiger partial charge in [-0.2, -0.15) is 0 Å². The van der Waals surface area contributed by atoms with Crippen molar-refractivity contribution >= 4 is 11.5 Å². The Morgan fingerprint density at radius 3 is 2.32 bits per heavy atom. The highest BCUT2D eigenvalue weighted by atomic mass is 16.1. The zero-order valence-electron chi connectivity index (χ0n) is 12.1. The maximum atomic E-state index is 11.2. The van der Waals surface area contributed by atoms with Gasteiger partial charge in [-0.25, -0.2) is 0 Å². The highest BCUT2D eigenvalue weighted by Gasteiger charge is 2.20. The second-order valence-corrected chi connectivity index (χ2v) is 5.78. The summed E-state index contributed by atoms with van der Waals surface area (Å²) in [6.07, 6.45) is 7.97. The predicted molar refractivity (Wildman–Crippen MR) is 80.7 cm³/mol. The van der Waals surface area contributed by atoms with Crippen molar-refractivity contribution in [1.29, 1.82) is 0 Å². The third kappa shape index (κ3) is 4.09. The SMILES string of the molecule is CCCC1CCC(Nc2ccc(C(C)=O)cc2)CC1. The van der Waals surface area contributed by atoms with Crippen molar-refractivity contribution in [2.45, 2.75) is 58.4 Å². The molecule has 0 saturated heterocycles. The first-order valence-corrected chi connectivity index (χ1v) is 7.56. The summed E-state index contributed by atoms with van der Waals surface area (Å²) in [4.78, 5) is 11.2. The van der Waals surface area contributed by atoms with E-state index >= 15 is 0 Å². The topological polar surface area (TPSA) is 29.1 Å².